The minimum atomic E-state index is -0.938. The minimum Gasteiger partial charge on any atom is -0.351 e. The second kappa shape index (κ2) is 9.64. The van der Waals surface area contributed by atoms with Crippen LogP contribution in [0.2, 0.25) is 0 Å². The van der Waals surface area contributed by atoms with Gasteiger partial charge in [-0.15, -0.1) is 11.6 Å². The van der Waals surface area contributed by atoms with Gasteiger partial charge < -0.3 is 5.32 Å². The highest BCUT2D eigenvalue weighted by Crippen LogP contribution is 2.29. The minimum absolute atomic E-state index is 0.0848. The van der Waals surface area contributed by atoms with Crippen LogP contribution in [0, 0.1) is 5.82 Å². The van der Waals surface area contributed by atoms with E-state index < -0.39 is 17.8 Å². The number of pyridine rings is 1. The third-order valence-corrected chi connectivity index (χ3v) is 5.17. The molecule has 0 spiro atoms. The number of nitrogens with zero attached hydrogens (tertiary/aromatic N) is 2. The van der Waals surface area contributed by atoms with E-state index in [0.29, 0.717) is 11.3 Å². The largest absolute Gasteiger partial charge is 0.351 e. The molecule has 1 heterocycles. The summed E-state index contributed by atoms with van der Waals surface area (Å²) in [5.74, 6) is -1.46. The van der Waals surface area contributed by atoms with E-state index in [1.165, 1.54) is 35.6 Å². The standard InChI is InChI=1S/C21H23ClFN3O2/c22-13-19(27)26(18-10-8-16(23)9-11-18)20(15-5-4-12-24-14-15)21(28)25-17-6-2-1-3-7-17/h4-5,8-12,14,17,20H,1-3,6-7,13H2,(H,25,28)/t20-/m1/s1. The molecule has 2 aromatic rings. The van der Waals surface area contributed by atoms with Crippen molar-refractivity contribution in [1.29, 1.82) is 0 Å². The number of benzene rings is 1. The molecule has 1 aromatic carbocycles. The Morgan fingerprint density at radius 1 is 1.18 bits per heavy atom. The molecular formula is C21H23ClFN3O2. The van der Waals surface area contributed by atoms with Crippen molar-refractivity contribution >= 4 is 29.1 Å². The number of hydrogen-bond donors (Lipinski definition) is 1. The first-order valence-corrected chi connectivity index (χ1v) is 9.97. The molecule has 0 saturated heterocycles. The van der Waals surface area contributed by atoms with Crippen molar-refractivity contribution < 1.29 is 14.0 Å². The quantitative estimate of drug-likeness (QED) is 0.742. The number of aromatic nitrogens is 1. The van der Waals surface area contributed by atoms with Gasteiger partial charge in [-0.25, -0.2) is 4.39 Å². The third-order valence-electron chi connectivity index (χ3n) is 4.95. The van der Waals surface area contributed by atoms with Gasteiger partial charge in [-0.1, -0.05) is 25.3 Å². The van der Waals surface area contributed by atoms with Gasteiger partial charge in [0.25, 0.3) is 0 Å². The number of anilines is 1. The molecule has 0 bridgehead atoms. The Bertz CT molecular complexity index is 795. The Hall–Kier alpha value is -2.47. The number of hydrogen-bond acceptors (Lipinski definition) is 3. The molecule has 1 fully saturated rings. The van der Waals surface area contributed by atoms with Crippen LogP contribution in [0.5, 0.6) is 0 Å². The molecule has 1 aromatic heterocycles. The molecule has 1 saturated carbocycles. The maximum absolute atomic E-state index is 13.4. The molecule has 0 unspecified atom stereocenters. The van der Waals surface area contributed by atoms with E-state index in [-0.39, 0.29) is 17.8 Å². The van der Waals surface area contributed by atoms with Crippen LogP contribution in [0.25, 0.3) is 0 Å². The van der Waals surface area contributed by atoms with Gasteiger partial charge in [-0.3, -0.25) is 19.5 Å². The van der Waals surface area contributed by atoms with Gasteiger partial charge in [0.1, 0.15) is 17.7 Å². The normalized spacial score (nSPS) is 15.6. The zero-order valence-electron chi connectivity index (χ0n) is 15.5. The maximum Gasteiger partial charge on any atom is 0.248 e. The zero-order valence-corrected chi connectivity index (χ0v) is 16.2. The molecule has 5 nitrogen and oxygen atoms in total. The van der Waals surface area contributed by atoms with Crippen molar-refractivity contribution in [3.05, 3.63) is 60.2 Å². The Kier molecular flexibility index (Phi) is 6.98. The van der Waals surface area contributed by atoms with Crippen LogP contribution in [-0.4, -0.2) is 28.7 Å². The van der Waals surface area contributed by atoms with Crippen molar-refractivity contribution in [2.45, 2.75) is 44.2 Å². The van der Waals surface area contributed by atoms with Crippen molar-refractivity contribution in [2.24, 2.45) is 0 Å². The fourth-order valence-electron chi connectivity index (χ4n) is 3.59. The Morgan fingerprint density at radius 3 is 2.50 bits per heavy atom. The summed E-state index contributed by atoms with van der Waals surface area (Å²) in [5, 5.41) is 3.08. The monoisotopic (exact) mass is 403 g/mol. The van der Waals surface area contributed by atoms with Crippen LogP contribution in [0.4, 0.5) is 10.1 Å². The van der Waals surface area contributed by atoms with Crippen LogP contribution < -0.4 is 10.2 Å². The summed E-state index contributed by atoms with van der Waals surface area (Å²) in [5.41, 5.74) is 0.971. The lowest BCUT2D eigenvalue weighted by Crippen LogP contribution is -2.47. The Labute approximate surface area is 168 Å². The highest BCUT2D eigenvalue weighted by atomic mass is 35.5. The van der Waals surface area contributed by atoms with Crippen LogP contribution >= 0.6 is 11.6 Å². The summed E-state index contributed by atoms with van der Waals surface area (Å²) in [6.07, 6.45) is 8.33. The molecule has 0 aliphatic heterocycles. The first-order valence-electron chi connectivity index (χ1n) is 9.44. The molecular weight excluding hydrogens is 381 g/mol. The molecule has 7 heteroatoms. The summed E-state index contributed by atoms with van der Waals surface area (Å²) in [7, 11) is 0. The summed E-state index contributed by atoms with van der Waals surface area (Å²) in [6.45, 7) is 0. The van der Waals surface area contributed by atoms with Gasteiger partial charge in [0.05, 0.1) is 0 Å². The number of nitrogens with one attached hydrogen (secondary N) is 1. The third kappa shape index (κ3) is 4.87. The lowest BCUT2D eigenvalue weighted by atomic mass is 9.94. The summed E-state index contributed by atoms with van der Waals surface area (Å²) < 4.78 is 13.4. The topological polar surface area (TPSA) is 62.3 Å². The highest BCUT2D eigenvalue weighted by Gasteiger charge is 2.33. The predicted molar refractivity (Wildman–Crippen MR) is 107 cm³/mol. The average molecular weight is 404 g/mol. The number of carbonyl (C=O) groups is 2. The lowest BCUT2D eigenvalue weighted by molar-refractivity contribution is -0.126. The van der Waals surface area contributed by atoms with E-state index in [2.05, 4.69) is 10.3 Å². The Balaban J connectivity index is 1.98. The molecule has 3 rings (SSSR count). The van der Waals surface area contributed by atoms with Gasteiger partial charge in [-0.05, 0) is 43.2 Å². The SMILES string of the molecule is O=C(NC1CCCCC1)[C@@H](c1cccnc1)N(C(=O)CCl)c1ccc(F)cc1. The van der Waals surface area contributed by atoms with Gasteiger partial charge >= 0.3 is 0 Å². The van der Waals surface area contributed by atoms with E-state index in [0.717, 1.165) is 25.7 Å². The first-order chi connectivity index (χ1) is 13.6. The molecule has 1 aliphatic rings. The molecule has 28 heavy (non-hydrogen) atoms. The van der Waals surface area contributed by atoms with Gasteiger partial charge in [0.15, 0.2) is 0 Å². The van der Waals surface area contributed by atoms with Crippen LogP contribution in [-0.2, 0) is 9.59 Å². The smallest absolute Gasteiger partial charge is 0.248 e. The second-order valence-electron chi connectivity index (χ2n) is 6.91. The van der Waals surface area contributed by atoms with E-state index in [1.54, 1.807) is 24.5 Å². The average Bonchev–Trinajstić information content (AvgIpc) is 2.73. The predicted octanol–water partition coefficient (Wildman–Crippen LogP) is 3.98. The van der Waals surface area contributed by atoms with Crippen LogP contribution in [0.15, 0.2) is 48.8 Å². The Morgan fingerprint density at radius 2 is 1.89 bits per heavy atom. The molecule has 0 radical (unpaired) electrons. The van der Waals surface area contributed by atoms with Gasteiger partial charge in [0, 0.05) is 29.7 Å². The van der Waals surface area contributed by atoms with Crippen molar-refractivity contribution in [2.75, 3.05) is 10.8 Å². The molecule has 148 valence electrons. The fraction of sp³-hybridized carbons (Fsp3) is 0.381. The van der Waals surface area contributed by atoms with E-state index in [9.17, 15) is 14.0 Å². The van der Waals surface area contributed by atoms with Crippen molar-refractivity contribution in [3.8, 4) is 0 Å². The first kappa shape index (κ1) is 20.3. The van der Waals surface area contributed by atoms with E-state index >= 15 is 0 Å². The second-order valence-corrected chi connectivity index (χ2v) is 7.17. The fourth-order valence-corrected chi connectivity index (χ4v) is 3.71. The maximum atomic E-state index is 13.4. The number of carbonyl (C=O) groups excluding carboxylic acids is 2. The molecule has 2 amide bonds. The zero-order chi connectivity index (χ0) is 19.9. The van der Waals surface area contributed by atoms with Crippen molar-refractivity contribution in [3.63, 3.8) is 0 Å². The summed E-state index contributed by atoms with van der Waals surface area (Å²) in [6, 6.07) is 8.05. The molecule has 1 atom stereocenters. The number of rotatable bonds is 6. The summed E-state index contributed by atoms with van der Waals surface area (Å²) >= 11 is 5.84. The van der Waals surface area contributed by atoms with Crippen LogP contribution in [0.3, 0.4) is 0 Å². The number of amides is 2. The highest BCUT2D eigenvalue weighted by molar-refractivity contribution is 6.29. The van der Waals surface area contributed by atoms with Gasteiger partial charge in [-0.2, -0.15) is 0 Å². The number of alkyl halides is 1. The van der Waals surface area contributed by atoms with Gasteiger partial charge in [0.2, 0.25) is 11.8 Å². The van der Waals surface area contributed by atoms with E-state index in [1.807, 2.05) is 0 Å². The summed E-state index contributed by atoms with van der Waals surface area (Å²) in [4.78, 5) is 31.4. The van der Waals surface area contributed by atoms with E-state index in [4.69, 9.17) is 11.6 Å². The molecule has 1 N–H and O–H groups in total. The van der Waals surface area contributed by atoms with Crippen molar-refractivity contribution in [1.82, 2.24) is 10.3 Å². The number of halogens is 2. The van der Waals surface area contributed by atoms with Crippen LogP contribution in [0.1, 0.15) is 43.7 Å². The molecule has 1 aliphatic carbocycles. The lowest BCUT2D eigenvalue weighted by Gasteiger charge is -2.33.